The van der Waals surface area contributed by atoms with Gasteiger partial charge in [0.05, 0.1) is 0 Å². The Bertz CT molecular complexity index is 808. The predicted molar refractivity (Wildman–Crippen MR) is 100 cm³/mol. The van der Waals surface area contributed by atoms with E-state index in [0.29, 0.717) is 24.2 Å². The normalized spacial score (nSPS) is 15.7. The van der Waals surface area contributed by atoms with E-state index in [1.54, 1.807) is 24.3 Å². The molecular formula is C20H23N3O3. The summed E-state index contributed by atoms with van der Waals surface area (Å²) in [4.78, 5) is 24.8. The highest BCUT2D eigenvalue weighted by Crippen LogP contribution is 2.28. The van der Waals surface area contributed by atoms with Gasteiger partial charge in [-0.05, 0) is 43.7 Å². The first-order chi connectivity index (χ1) is 12.4. The number of hydrogen-bond acceptors (Lipinski definition) is 4. The van der Waals surface area contributed by atoms with Crippen molar-refractivity contribution in [1.82, 2.24) is 5.32 Å². The van der Waals surface area contributed by atoms with E-state index >= 15 is 0 Å². The van der Waals surface area contributed by atoms with Crippen molar-refractivity contribution in [2.24, 2.45) is 5.73 Å². The molecule has 2 aromatic carbocycles. The van der Waals surface area contributed by atoms with Crippen molar-refractivity contribution >= 4 is 17.5 Å². The summed E-state index contributed by atoms with van der Waals surface area (Å²) in [6.07, 6.45) is -0.0339. The molecule has 1 aliphatic heterocycles. The lowest BCUT2D eigenvalue weighted by molar-refractivity contribution is -0.122. The summed E-state index contributed by atoms with van der Waals surface area (Å²) in [7, 11) is 0. The van der Waals surface area contributed by atoms with E-state index in [1.807, 2.05) is 38.1 Å². The number of nitrogens with two attached hydrogens (primary N) is 1. The molecule has 4 N–H and O–H groups in total. The van der Waals surface area contributed by atoms with Crippen molar-refractivity contribution < 1.29 is 14.3 Å². The van der Waals surface area contributed by atoms with Gasteiger partial charge in [-0.2, -0.15) is 0 Å². The third-order valence-corrected chi connectivity index (χ3v) is 4.29. The lowest BCUT2D eigenvalue weighted by Gasteiger charge is -2.24. The van der Waals surface area contributed by atoms with Gasteiger partial charge in [0.2, 0.25) is 0 Å². The molecule has 3 rings (SSSR count). The highest BCUT2D eigenvalue weighted by Gasteiger charge is 2.29. The number of rotatable bonds is 5. The lowest BCUT2D eigenvalue weighted by Crippen LogP contribution is -2.48. The molecule has 6 nitrogen and oxygen atoms in total. The first-order valence-electron chi connectivity index (χ1n) is 8.56. The smallest absolute Gasteiger partial charge is 0.265 e. The van der Waals surface area contributed by atoms with Gasteiger partial charge in [0.1, 0.15) is 5.75 Å². The number of ether oxygens (including phenoxy) is 1. The molecule has 0 fully saturated rings. The zero-order valence-corrected chi connectivity index (χ0v) is 14.9. The maximum absolute atomic E-state index is 12.5. The van der Waals surface area contributed by atoms with Crippen molar-refractivity contribution in [2.75, 3.05) is 11.9 Å². The summed E-state index contributed by atoms with van der Waals surface area (Å²) in [5, 5.41) is 5.69. The van der Waals surface area contributed by atoms with Crippen LogP contribution in [0.5, 0.6) is 5.75 Å². The van der Waals surface area contributed by atoms with Gasteiger partial charge in [0.15, 0.2) is 6.10 Å². The minimum absolute atomic E-state index is 0.235. The first-order valence-corrected chi connectivity index (χ1v) is 8.56. The lowest BCUT2D eigenvalue weighted by atomic mass is 10.0. The molecule has 0 saturated carbocycles. The Kier molecular flexibility index (Phi) is 4.95. The second-order valence-corrected chi connectivity index (χ2v) is 7.03. The molecular weight excluding hydrogens is 330 g/mol. The summed E-state index contributed by atoms with van der Waals surface area (Å²) in [5.41, 5.74) is 7.17. The van der Waals surface area contributed by atoms with Gasteiger partial charge in [0, 0.05) is 29.8 Å². The number of carbonyl (C=O) groups is 2. The van der Waals surface area contributed by atoms with Crippen LogP contribution in [0.25, 0.3) is 0 Å². The molecule has 6 heteroatoms. The molecule has 0 spiro atoms. The Morgan fingerprint density at radius 3 is 2.69 bits per heavy atom. The van der Waals surface area contributed by atoms with Gasteiger partial charge < -0.3 is 21.1 Å². The SMILES string of the molecule is CC(C)(CN)NC(=O)c1cccc(NC(=O)C2Cc3ccccc3O2)c1. The van der Waals surface area contributed by atoms with E-state index < -0.39 is 11.6 Å². The highest BCUT2D eigenvalue weighted by molar-refractivity contribution is 5.98. The van der Waals surface area contributed by atoms with Crippen molar-refractivity contribution in [3.63, 3.8) is 0 Å². The minimum Gasteiger partial charge on any atom is -0.480 e. The molecule has 1 atom stereocenters. The molecule has 136 valence electrons. The molecule has 26 heavy (non-hydrogen) atoms. The predicted octanol–water partition coefficient (Wildman–Crippen LogP) is 2.10. The van der Waals surface area contributed by atoms with E-state index in [9.17, 15) is 9.59 Å². The third kappa shape index (κ3) is 4.03. The number of nitrogens with one attached hydrogen (secondary N) is 2. The second kappa shape index (κ2) is 7.17. The van der Waals surface area contributed by atoms with Gasteiger partial charge in [-0.15, -0.1) is 0 Å². The number of fused-ring (bicyclic) bond motifs is 1. The number of hydrogen-bond donors (Lipinski definition) is 3. The van der Waals surface area contributed by atoms with Crippen LogP contribution < -0.4 is 21.1 Å². The monoisotopic (exact) mass is 353 g/mol. The molecule has 0 aromatic heterocycles. The fourth-order valence-corrected chi connectivity index (χ4v) is 2.72. The van der Waals surface area contributed by atoms with Crippen molar-refractivity contribution in [3.8, 4) is 5.75 Å². The van der Waals surface area contributed by atoms with Crippen LogP contribution >= 0.6 is 0 Å². The van der Waals surface area contributed by atoms with Gasteiger partial charge in [-0.3, -0.25) is 9.59 Å². The Morgan fingerprint density at radius 1 is 1.19 bits per heavy atom. The van der Waals surface area contributed by atoms with Crippen LogP contribution in [0.15, 0.2) is 48.5 Å². The average molecular weight is 353 g/mol. The van der Waals surface area contributed by atoms with Crippen LogP contribution in [-0.2, 0) is 11.2 Å². The maximum atomic E-state index is 12.5. The second-order valence-electron chi connectivity index (χ2n) is 7.03. The number of amides is 2. The number of benzene rings is 2. The Hall–Kier alpha value is -2.86. The first kappa shape index (κ1) is 17.9. The molecule has 1 aliphatic rings. The minimum atomic E-state index is -0.568. The van der Waals surface area contributed by atoms with Crippen LogP contribution in [0.4, 0.5) is 5.69 Å². The number of carbonyl (C=O) groups excluding carboxylic acids is 2. The van der Waals surface area contributed by atoms with Crippen molar-refractivity contribution in [1.29, 1.82) is 0 Å². The van der Waals surface area contributed by atoms with Gasteiger partial charge in [-0.1, -0.05) is 24.3 Å². The van der Waals surface area contributed by atoms with E-state index in [-0.39, 0.29) is 11.8 Å². The summed E-state index contributed by atoms with van der Waals surface area (Å²) in [5.74, 6) is 0.270. The van der Waals surface area contributed by atoms with Crippen LogP contribution in [0.2, 0.25) is 0 Å². The molecule has 2 aromatic rings. The molecule has 0 aliphatic carbocycles. The van der Waals surface area contributed by atoms with Crippen LogP contribution in [-0.4, -0.2) is 30.0 Å². The topological polar surface area (TPSA) is 93.5 Å². The molecule has 0 bridgehead atoms. The Balaban J connectivity index is 1.66. The van der Waals surface area contributed by atoms with E-state index in [4.69, 9.17) is 10.5 Å². The Morgan fingerprint density at radius 2 is 1.96 bits per heavy atom. The van der Waals surface area contributed by atoms with Gasteiger partial charge in [-0.25, -0.2) is 0 Å². The largest absolute Gasteiger partial charge is 0.480 e. The van der Waals surface area contributed by atoms with E-state index in [0.717, 1.165) is 11.3 Å². The van der Waals surface area contributed by atoms with E-state index in [2.05, 4.69) is 10.6 Å². The number of para-hydroxylation sites is 1. The number of anilines is 1. The highest BCUT2D eigenvalue weighted by atomic mass is 16.5. The van der Waals surface area contributed by atoms with E-state index in [1.165, 1.54) is 0 Å². The van der Waals surface area contributed by atoms with Gasteiger partial charge >= 0.3 is 0 Å². The zero-order valence-electron chi connectivity index (χ0n) is 14.9. The van der Waals surface area contributed by atoms with Crippen LogP contribution in [0.3, 0.4) is 0 Å². The molecule has 0 radical (unpaired) electrons. The third-order valence-electron chi connectivity index (χ3n) is 4.29. The summed E-state index contributed by atoms with van der Waals surface area (Å²) in [6, 6.07) is 14.4. The molecule has 2 amide bonds. The van der Waals surface area contributed by atoms with Gasteiger partial charge in [0.25, 0.3) is 11.8 Å². The molecule has 1 unspecified atom stereocenters. The quantitative estimate of drug-likeness (QED) is 0.767. The maximum Gasteiger partial charge on any atom is 0.265 e. The average Bonchev–Trinajstić information content (AvgIpc) is 3.06. The summed E-state index contributed by atoms with van der Waals surface area (Å²) in [6.45, 7) is 4.03. The fraction of sp³-hybridized carbons (Fsp3) is 0.300. The van der Waals surface area contributed by atoms with Crippen molar-refractivity contribution in [3.05, 3.63) is 59.7 Å². The van der Waals surface area contributed by atoms with Crippen molar-refractivity contribution in [2.45, 2.75) is 31.9 Å². The zero-order chi connectivity index (χ0) is 18.7. The van der Waals surface area contributed by atoms with Crippen LogP contribution in [0.1, 0.15) is 29.8 Å². The fourth-order valence-electron chi connectivity index (χ4n) is 2.72. The van der Waals surface area contributed by atoms with Crippen LogP contribution in [0, 0.1) is 0 Å². The summed E-state index contributed by atoms with van der Waals surface area (Å²) < 4.78 is 5.69. The summed E-state index contributed by atoms with van der Waals surface area (Å²) >= 11 is 0. The Labute approximate surface area is 152 Å². The standard InChI is InChI=1S/C20H23N3O3/c1-20(2,12-21)23-18(24)14-7-5-8-15(10-14)22-19(25)17-11-13-6-3-4-9-16(13)26-17/h3-10,17H,11-12,21H2,1-2H3,(H,22,25)(H,23,24). The molecule has 0 saturated heterocycles. The molecule has 1 heterocycles.